The van der Waals surface area contributed by atoms with Gasteiger partial charge in [-0.05, 0) is 47.1 Å². The molecule has 1 N–H and O–H groups in total. The van der Waals surface area contributed by atoms with Crippen molar-refractivity contribution < 1.29 is 9.15 Å². The number of hydrogen-bond acceptors (Lipinski definition) is 3. The molecule has 2 aromatic rings. The monoisotopic (exact) mass is 295 g/mol. The van der Waals surface area contributed by atoms with Crippen LogP contribution in [0.2, 0.25) is 0 Å². The Hall–Kier alpha value is -1.42. The average Bonchev–Trinajstić information content (AvgIpc) is 2.74. The molecule has 2 rings (SSSR count). The Balaban J connectivity index is 2.07. The predicted octanol–water partition coefficient (Wildman–Crippen LogP) is 3.97. The van der Waals surface area contributed by atoms with Crippen molar-refractivity contribution in [1.82, 2.24) is 0 Å². The second-order valence-corrected chi connectivity index (χ2v) is 4.57. The molecule has 0 aliphatic rings. The van der Waals surface area contributed by atoms with E-state index in [0.717, 1.165) is 27.4 Å². The number of ether oxygens (including phenoxy) is 1. The van der Waals surface area contributed by atoms with Gasteiger partial charge in [0.15, 0.2) is 0 Å². The highest BCUT2D eigenvalue weighted by Gasteiger charge is 2.03. The van der Waals surface area contributed by atoms with Crippen LogP contribution < -0.4 is 10.1 Å². The third-order valence-electron chi connectivity index (χ3n) is 2.42. The summed E-state index contributed by atoms with van der Waals surface area (Å²) in [5, 5.41) is 3.30. The van der Waals surface area contributed by atoms with E-state index in [4.69, 9.17) is 9.15 Å². The molecule has 4 heteroatoms. The molecular formula is C13H14BrNO2. The van der Waals surface area contributed by atoms with Crippen molar-refractivity contribution in [2.45, 2.75) is 13.5 Å². The van der Waals surface area contributed by atoms with Crippen LogP contribution in [0.5, 0.6) is 5.75 Å². The number of nitrogens with one attached hydrogen (secondary N) is 1. The average molecular weight is 296 g/mol. The van der Waals surface area contributed by atoms with Gasteiger partial charge in [0.25, 0.3) is 0 Å². The van der Waals surface area contributed by atoms with Gasteiger partial charge in [0.05, 0.1) is 19.3 Å². The first-order chi connectivity index (χ1) is 8.19. The summed E-state index contributed by atoms with van der Waals surface area (Å²) in [5.41, 5.74) is 0.985. The zero-order chi connectivity index (χ0) is 12.3. The molecule has 0 saturated carbocycles. The number of aryl methyl sites for hydroxylation is 1. The van der Waals surface area contributed by atoms with Crippen LogP contribution in [0.1, 0.15) is 11.5 Å². The number of halogens is 1. The maximum atomic E-state index is 5.49. The summed E-state index contributed by atoms with van der Waals surface area (Å²) in [7, 11) is 1.66. The van der Waals surface area contributed by atoms with E-state index < -0.39 is 0 Å². The van der Waals surface area contributed by atoms with Gasteiger partial charge >= 0.3 is 0 Å². The number of hydrogen-bond donors (Lipinski definition) is 1. The van der Waals surface area contributed by atoms with E-state index in [9.17, 15) is 0 Å². The number of anilines is 1. The fourth-order valence-corrected chi connectivity index (χ4v) is 1.92. The molecule has 17 heavy (non-hydrogen) atoms. The SMILES string of the molecule is COc1ccc(Br)c(NCc2ccc(C)o2)c1. The van der Waals surface area contributed by atoms with Gasteiger partial charge < -0.3 is 14.5 Å². The van der Waals surface area contributed by atoms with E-state index in [0.29, 0.717) is 6.54 Å². The lowest BCUT2D eigenvalue weighted by atomic mass is 10.3. The Bertz CT molecular complexity index is 508. The zero-order valence-electron chi connectivity index (χ0n) is 9.79. The van der Waals surface area contributed by atoms with Gasteiger partial charge in [0.1, 0.15) is 17.3 Å². The van der Waals surface area contributed by atoms with Crippen molar-refractivity contribution in [3.63, 3.8) is 0 Å². The Morgan fingerprint density at radius 2 is 2.12 bits per heavy atom. The molecule has 90 valence electrons. The third kappa shape index (κ3) is 3.03. The van der Waals surface area contributed by atoms with E-state index in [1.807, 2.05) is 37.3 Å². The van der Waals surface area contributed by atoms with Gasteiger partial charge in [0, 0.05) is 10.5 Å². The van der Waals surface area contributed by atoms with Gasteiger partial charge in [-0.2, -0.15) is 0 Å². The summed E-state index contributed by atoms with van der Waals surface area (Å²) in [6, 6.07) is 9.73. The zero-order valence-corrected chi connectivity index (χ0v) is 11.4. The molecular weight excluding hydrogens is 282 g/mol. The molecule has 3 nitrogen and oxygen atoms in total. The van der Waals surface area contributed by atoms with Crippen LogP contribution in [0.15, 0.2) is 39.2 Å². The normalized spacial score (nSPS) is 10.3. The number of benzene rings is 1. The van der Waals surface area contributed by atoms with E-state index in [2.05, 4.69) is 21.2 Å². The molecule has 0 fully saturated rings. The van der Waals surface area contributed by atoms with Crippen molar-refractivity contribution >= 4 is 21.6 Å². The molecule has 0 aliphatic heterocycles. The predicted molar refractivity (Wildman–Crippen MR) is 71.5 cm³/mol. The van der Waals surface area contributed by atoms with Gasteiger partial charge in [-0.3, -0.25) is 0 Å². The molecule has 1 aromatic carbocycles. The minimum Gasteiger partial charge on any atom is -0.497 e. The lowest BCUT2D eigenvalue weighted by Crippen LogP contribution is -1.99. The molecule has 1 aromatic heterocycles. The molecule has 0 aliphatic carbocycles. The van der Waals surface area contributed by atoms with Crippen LogP contribution in [0, 0.1) is 6.92 Å². The summed E-state index contributed by atoms with van der Waals surface area (Å²) >= 11 is 3.49. The first kappa shape index (κ1) is 12.0. The Morgan fingerprint density at radius 1 is 1.29 bits per heavy atom. The van der Waals surface area contributed by atoms with Gasteiger partial charge in [0.2, 0.25) is 0 Å². The van der Waals surface area contributed by atoms with Crippen LogP contribution >= 0.6 is 15.9 Å². The summed E-state index contributed by atoms with van der Waals surface area (Å²) in [6.07, 6.45) is 0. The lowest BCUT2D eigenvalue weighted by Gasteiger charge is -2.09. The van der Waals surface area contributed by atoms with Gasteiger partial charge in [-0.1, -0.05) is 0 Å². The van der Waals surface area contributed by atoms with Crippen LogP contribution in [0.25, 0.3) is 0 Å². The van der Waals surface area contributed by atoms with Crippen molar-refractivity contribution in [3.05, 3.63) is 46.3 Å². The summed E-state index contributed by atoms with van der Waals surface area (Å²) in [6.45, 7) is 2.59. The maximum absolute atomic E-state index is 5.49. The molecule has 1 heterocycles. The maximum Gasteiger partial charge on any atom is 0.123 e. The Morgan fingerprint density at radius 3 is 2.76 bits per heavy atom. The smallest absolute Gasteiger partial charge is 0.123 e. The standard InChI is InChI=1S/C13H14BrNO2/c1-9-3-4-11(17-9)8-15-13-7-10(16-2)5-6-12(13)14/h3-7,15H,8H2,1-2H3. The second kappa shape index (κ2) is 5.27. The summed E-state index contributed by atoms with van der Waals surface area (Å²) in [5.74, 6) is 2.66. The largest absolute Gasteiger partial charge is 0.497 e. The molecule has 0 bridgehead atoms. The molecule has 0 radical (unpaired) electrons. The number of methoxy groups -OCH3 is 1. The molecule has 0 saturated heterocycles. The fraction of sp³-hybridized carbons (Fsp3) is 0.231. The van der Waals surface area contributed by atoms with Crippen molar-refractivity contribution in [2.75, 3.05) is 12.4 Å². The Labute approximate surface area is 109 Å². The topological polar surface area (TPSA) is 34.4 Å². The van der Waals surface area contributed by atoms with E-state index in [1.165, 1.54) is 0 Å². The van der Waals surface area contributed by atoms with Crippen LogP contribution in [-0.2, 0) is 6.54 Å². The van der Waals surface area contributed by atoms with Crippen LogP contribution in [-0.4, -0.2) is 7.11 Å². The number of rotatable bonds is 4. The third-order valence-corrected chi connectivity index (χ3v) is 3.11. The van der Waals surface area contributed by atoms with Crippen molar-refractivity contribution in [3.8, 4) is 5.75 Å². The first-order valence-electron chi connectivity index (χ1n) is 5.32. The van der Waals surface area contributed by atoms with Crippen LogP contribution in [0.4, 0.5) is 5.69 Å². The minimum absolute atomic E-state index is 0.652. The summed E-state index contributed by atoms with van der Waals surface area (Å²) in [4.78, 5) is 0. The highest BCUT2D eigenvalue weighted by atomic mass is 79.9. The van der Waals surface area contributed by atoms with Crippen molar-refractivity contribution in [2.24, 2.45) is 0 Å². The van der Waals surface area contributed by atoms with Crippen LogP contribution in [0.3, 0.4) is 0 Å². The van der Waals surface area contributed by atoms with E-state index in [1.54, 1.807) is 7.11 Å². The van der Waals surface area contributed by atoms with Gasteiger partial charge in [-0.25, -0.2) is 0 Å². The van der Waals surface area contributed by atoms with E-state index in [-0.39, 0.29) is 0 Å². The lowest BCUT2D eigenvalue weighted by molar-refractivity contribution is 0.415. The number of furan rings is 1. The highest BCUT2D eigenvalue weighted by molar-refractivity contribution is 9.10. The summed E-state index contributed by atoms with van der Waals surface area (Å²) < 4.78 is 11.7. The fourth-order valence-electron chi connectivity index (χ4n) is 1.53. The van der Waals surface area contributed by atoms with Gasteiger partial charge in [-0.15, -0.1) is 0 Å². The second-order valence-electron chi connectivity index (χ2n) is 3.71. The molecule has 0 spiro atoms. The highest BCUT2D eigenvalue weighted by Crippen LogP contribution is 2.27. The minimum atomic E-state index is 0.652. The van der Waals surface area contributed by atoms with E-state index >= 15 is 0 Å². The Kier molecular flexibility index (Phi) is 3.74. The van der Waals surface area contributed by atoms with Crippen molar-refractivity contribution in [1.29, 1.82) is 0 Å². The molecule has 0 atom stereocenters. The first-order valence-corrected chi connectivity index (χ1v) is 6.11. The quantitative estimate of drug-likeness (QED) is 0.927. The molecule has 0 unspecified atom stereocenters. The molecule has 0 amide bonds.